The van der Waals surface area contributed by atoms with Crippen molar-refractivity contribution in [3.63, 3.8) is 0 Å². The molecule has 8 nitrogen and oxygen atoms in total. The molecule has 1 amide bonds. The quantitative estimate of drug-likeness (QED) is 0.314. The van der Waals surface area contributed by atoms with Gasteiger partial charge in [0.05, 0.1) is 20.5 Å². The smallest absolute Gasteiger partial charge is 0.435 e. The number of benzene rings is 3. The van der Waals surface area contributed by atoms with Gasteiger partial charge in [0.15, 0.2) is 12.3 Å². The van der Waals surface area contributed by atoms with Crippen LogP contribution in [0.2, 0.25) is 5.02 Å². The standard InChI is InChI=1S/C24H18ClF3N4O4S/c25-19-3-1-2-4-20(19)32-23(13-21(31-32)24(26,27)28)36-14-22(33)30-16-7-11-18(12-8-16)37(34,35)17-9-5-15(29)6-10-17/h1-13H,14,29H2,(H,30,33). The van der Waals surface area contributed by atoms with Crippen LogP contribution in [0.25, 0.3) is 5.69 Å². The summed E-state index contributed by atoms with van der Waals surface area (Å²) in [5.41, 5.74) is 5.18. The Morgan fingerprint density at radius 3 is 2.19 bits per heavy atom. The first-order valence-electron chi connectivity index (χ1n) is 10.5. The fourth-order valence-electron chi connectivity index (χ4n) is 3.24. The van der Waals surface area contributed by atoms with Gasteiger partial charge in [0, 0.05) is 17.4 Å². The molecule has 0 spiro atoms. The maximum absolute atomic E-state index is 13.2. The molecule has 0 aliphatic rings. The molecule has 13 heteroatoms. The number of sulfone groups is 1. The summed E-state index contributed by atoms with van der Waals surface area (Å²) in [7, 11) is -3.80. The van der Waals surface area contributed by atoms with Crippen LogP contribution in [0.15, 0.2) is 88.7 Å². The van der Waals surface area contributed by atoms with Crippen LogP contribution in [0.4, 0.5) is 24.5 Å². The predicted molar refractivity (Wildman–Crippen MR) is 130 cm³/mol. The lowest BCUT2D eigenvalue weighted by atomic mass is 10.3. The van der Waals surface area contributed by atoms with Gasteiger partial charge >= 0.3 is 6.18 Å². The summed E-state index contributed by atoms with van der Waals surface area (Å²) in [6.45, 7) is -0.654. The highest BCUT2D eigenvalue weighted by molar-refractivity contribution is 7.91. The minimum Gasteiger partial charge on any atom is -0.467 e. The number of nitrogens with one attached hydrogen (secondary N) is 1. The molecule has 0 unspecified atom stereocenters. The Kier molecular flexibility index (Phi) is 7.14. The van der Waals surface area contributed by atoms with Gasteiger partial charge in [-0.15, -0.1) is 0 Å². The van der Waals surface area contributed by atoms with Crippen LogP contribution < -0.4 is 15.8 Å². The van der Waals surface area contributed by atoms with E-state index in [0.29, 0.717) is 11.8 Å². The first-order valence-corrected chi connectivity index (χ1v) is 12.4. The molecule has 0 aliphatic heterocycles. The van der Waals surface area contributed by atoms with Gasteiger partial charge in [0.25, 0.3) is 5.91 Å². The van der Waals surface area contributed by atoms with Crippen molar-refractivity contribution in [3.8, 4) is 11.6 Å². The van der Waals surface area contributed by atoms with Crippen LogP contribution in [0.5, 0.6) is 5.88 Å². The van der Waals surface area contributed by atoms with Crippen LogP contribution >= 0.6 is 11.6 Å². The molecule has 0 aliphatic carbocycles. The third-order valence-corrected chi connectivity index (χ3v) is 7.14. The number of carbonyl (C=O) groups is 1. The molecule has 37 heavy (non-hydrogen) atoms. The van der Waals surface area contributed by atoms with Crippen LogP contribution in [0, 0.1) is 0 Å². The molecule has 192 valence electrons. The van der Waals surface area contributed by atoms with Gasteiger partial charge in [-0.3, -0.25) is 4.79 Å². The van der Waals surface area contributed by atoms with Crippen molar-refractivity contribution in [2.75, 3.05) is 17.7 Å². The molecular formula is C24H18ClF3N4O4S. The molecule has 0 radical (unpaired) electrons. The van der Waals surface area contributed by atoms with E-state index in [1.807, 2.05) is 0 Å². The van der Waals surface area contributed by atoms with Gasteiger partial charge in [0.1, 0.15) is 0 Å². The number of nitrogens with two attached hydrogens (primary N) is 1. The van der Waals surface area contributed by atoms with E-state index in [9.17, 15) is 26.4 Å². The van der Waals surface area contributed by atoms with E-state index >= 15 is 0 Å². The van der Waals surface area contributed by atoms with E-state index < -0.39 is 34.2 Å². The Labute approximate surface area is 214 Å². The van der Waals surface area contributed by atoms with E-state index in [1.165, 1.54) is 60.7 Å². The third-order valence-electron chi connectivity index (χ3n) is 5.04. The largest absolute Gasteiger partial charge is 0.467 e. The number of ether oxygens (including phenoxy) is 1. The van der Waals surface area contributed by atoms with Crippen LogP contribution in [-0.2, 0) is 20.8 Å². The maximum Gasteiger partial charge on any atom is 0.435 e. The van der Waals surface area contributed by atoms with Crippen LogP contribution in [0.3, 0.4) is 0 Å². The summed E-state index contributed by atoms with van der Waals surface area (Å²) in [6.07, 6.45) is -4.75. The van der Waals surface area contributed by atoms with Gasteiger partial charge < -0.3 is 15.8 Å². The van der Waals surface area contributed by atoms with Crippen molar-refractivity contribution >= 4 is 38.7 Å². The molecule has 4 rings (SSSR count). The number of nitrogens with zero attached hydrogens (tertiary/aromatic N) is 2. The number of halogens is 4. The second-order valence-electron chi connectivity index (χ2n) is 7.66. The number of rotatable bonds is 7. The molecule has 4 aromatic rings. The normalized spacial score (nSPS) is 11.8. The summed E-state index contributed by atoms with van der Waals surface area (Å²) in [6, 6.07) is 17.8. The zero-order chi connectivity index (χ0) is 26.8. The molecule has 0 saturated heterocycles. The summed E-state index contributed by atoms with van der Waals surface area (Å²) in [5.74, 6) is -1.05. The van der Waals surface area contributed by atoms with E-state index in [1.54, 1.807) is 12.1 Å². The number of alkyl halides is 3. The lowest BCUT2D eigenvalue weighted by Crippen LogP contribution is -2.21. The van der Waals surface area contributed by atoms with Crippen molar-refractivity contribution in [1.29, 1.82) is 0 Å². The van der Waals surface area contributed by atoms with E-state index in [-0.39, 0.29) is 32.1 Å². The average Bonchev–Trinajstić information content (AvgIpc) is 3.28. The lowest BCUT2D eigenvalue weighted by Gasteiger charge is -2.11. The fourth-order valence-corrected chi connectivity index (χ4v) is 4.72. The first-order chi connectivity index (χ1) is 17.4. The number of anilines is 2. The Morgan fingerprint density at radius 2 is 1.59 bits per heavy atom. The number of nitrogen functional groups attached to an aromatic ring is 1. The van der Waals surface area contributed by atoms with E-state index in [2.05, 4.69) is 10.4 Å². The third kappa shape index (κ3) is 5.87. The van der Waals surface area contributed by atoms with Crippen LogP contribution in [0.1, 0.15) is 5.69 Å². The molecule has 0 fully saturated rings. The minimum absolute atomic E-state index is 0.00478. The summed E-state index contributed by atoms with van der Waals surface area (Å²) >= 11 is 6.09. The van der Waals surface area contributed by atoms with Crippen molar-refractivity contribution in [2.45, 2.75) is 16.0 Å². The summed E-state index contributed by atoms with van der Waals surface area (Å²) in [4.78, 5) is 12.4. The fraction of sp³-hybridized carbons (Fsp3) is 0.0833. The molecule has 3 N–H and O–H groups in total. The Bertz CT molecular complexity index is 1540. The number of amides is 1. The number of carbonyl (C=O) groups excluding carboxylic acids is 1. The minimum atomic E-state index is -4.75. The molecule has 0 atom stereocenters. The number of hydrogen-bond donors (Lipinski definition) is 2. The van der Waals surface area contributed by atoms with Gasteiger partial charge in [0.2, 0.25) is 15.7 Å². The van der Waals surface area contributed by atoms with Gasteiger partial charge in [-0.25, -0.2) is 8.42 Å². The molecule has 1 aromatic heterocycles. The topological polar surface area (TPSA) is 116 Å². The highest BCUT2D eigenvalue weighted by Crippen LogP contribution is 2.33. The number of hydrogen-bond acceptors (Lipinski definition) is 6. The monoisotopic (exact) mass is 550 g/mol. The van der Waals surface area contributed by atoms with E-state index in [0.717, 1.165) is 4.68 Å². The van der Waals surface area contributed by atoms with E-state index in [4.69, 9.17) is 22.1 Å². The Hall–Kier alpha value is -4.03. The Morgan fingerprint density at radius 1 is 1.00 bits per heavy atom. The van der Waals surface area contributed by atoms with Crippen LogP contribution in [-0.4, -0.2) is 30.7 Å². The average molecular weight is 551 g/mol. The molecule has 3 aromatic carbocycles. The van der Waals surface area contributed by atoms with Crippen molar-refractivity contribution in [3.05, 3.63) is 89.6 Å². The summed E-state index contributed by atoms with van der Waals surface area (Å²) in [5, 5.41) is 6.14. The zero-order valence-electron chi connectivity index (χ0n) is 18.7. The second-order valence-corrected chi connectivity index (χ2v) is 10.0. The zero-order valence-corrected chi connectivity index (χ0v) is 20.3. The lowest BCUT2D eigenvalue weighted by molar-refractivity contribution is -0.141. The first kappa shape index (κ1) is 26.0. The molecule has 0 bridgehead atoms. The van der Waals surface area contributed by atoms with Crippen molar-refractivity contribution in [2.24, 2.45) is 0 Å². The maximum atomic E-state index is 13.2. The van der Waals surface area contributed by atoms with Gasteiger partial charge in [-0.2, -0.15) is 23.0 Å². The number of para-hydroxylation sites is 1. The highest BCUT2D eigenvalue weighted by atomic mass is 35.5. The van der Waals surface area contributed by atoms with Gasteiger partial charge in [-0.1, -0.05) is 23.7 Å². The van der Waals surface area contributed by atoms with Crippen molar-refractivity contribution in [1.82, 2.24) is 9.78 Å². The molecular weight excluding hydrogens is 533 g/mol. The highest BCUT2D eigenvalue weighted by Gasteiger charge is 2.36. The summed E-state index contributed by atoms with van der Waals surface area (Å²) < 4.78 is 71.4. The predicted octanol–water partition coefficient (Wildman–Crippen LogP) is 4.98. The van der Waals surface area contributed by atoms with Gasteiger partial charge in [-0.05, 0) is 60.7 Å². The number of aromatic nitrogens is 2. The SMILES string of the molecule is Nc1ccc(S(=O)(=O)c2ccc(NC(=O)COc3cc(C(F)(F)F)nn3-c3ccccc3Cl)cc2)cc1. The Balaban J connectivity index is 1.47. The molecule has 1 heterocycles. The second kappa shape index (κ2) is 10.1. The molecule has 0 saturated carbocycles. The van der Waals surface area contributed by atoms with Crippen molar-refractivity contribution < 1.29 is 31.1 Å².